The van der Waals surface area contributed by atoms with E-state index in [0.29, 0.717) is 12.1 Å². The van der Waals surface area contributed by atoms with Gasteiger partial charge in [0.25, 0.3) is 5.91 Å². The maximum Gasteiger partial charge on any atom is 0.254 e. The summed E-state index contributed by atoms with van der Waals surface area (Å²) in [6.45, 7) is 4.48. The summed E-state index contributed by atoms with van der Waals surface area (Å²) >= 11 is 0. The number of fused-ring (bicyclic) bond motifs is 1. The second-order valence-corrected chi connectivity index (χ2v) is 6.01. The molecule has 0 aliphatic carbocycles. The van der Waals surface area contributed by atoms with Gasteiger partial charge in [-0.15, -0.1) is 0 Å². The van der Waals surface area contributed by atoms with Crippen LogP contribution in [0.15, 0.2) is 42.6 Å². The molecule has 0 spiro atoms. The van der Waals surface area contributed by atoms with Gasteiger partial charge in [0, 0.05) is 18.8 Å². The largest absolute Gasteiger partial charge is 0.352 e. The second kappa shape index (κ2) is 7.25. The molecule has 124 valence electrons. The molecule has 1 amide bonds. The third-order valence-electron chi connectivity index (χ3n) is 4.11. The third-order valence-corrected chi connectivity index (χ3v) is 4.11. The van der Waals surface area contributed by atoms with Gasteiger partial charge in [-0.2, -0.15) is 5.10 Å². The Labute approximate surface area is 141 Å². The molecule has 0 aliphatic rings. The number of nitrogens with one attached hydrogen (secondary N) is 1. The standard InChI is InChI=1S/C19H22N4O/c1-14-12-18-21-13-17(15(2)23(18)22-14)19(24)20-11-7-6-10-16-8-4-3-5-9-16/h3-5,8-9,12-13H,6-7,10-11H2,1-2H3,(H,20,24). The van der Waals surface area contributed by atoms with E-state index in [0.717, 1.165) is 36.3 Å². The monoisotopic (exact) mass is 322 g/mol. The van der Waals surface area contributed by atoms with Gasteiger partial charge in [0.2, 0.25) is 0 Å². The van der Waals surface area contributed by atoms with Crippen molar-refractivity contribution >= 4 is 11.6 Å². The molecule has 0 fully saturated rings. The maximum absolute atomic E-state index is 12.4. The average Bonchev–Trinajstić information content (AvgIpc) is 2.97. The lowest BCUT2D eigenvalue weighted by molar-refractivity contribution is 0.0951. The van der Waals surface area contributed by atoms with Gasteiger partial charge in [-0.3, -0.25) is 4.79 Å². The van der Waals surface area contributed by atoms with Crippen molar-refractivity contribution in [2.45, 2.75) is 33.1 Å². The van der Waals surface area contributed by atoms with Gasteiger partial charge in [0.1, 0.15) is 0 Å². The summed E-state index contributed by atoms with van der Waals surface area (Å²) in [5.74, 6) is -0.0882. The lowest BCUT2D eigenvalue weighted by Gasteiger charge is -2.08. The predicted molar refractivity (Wildman–Crippen MR) is 94.2 cm³/mol. The van der Waals surface area contributed by atoms with Crippen molar-refractivity contribution in [1.29, 1.82) is 0 Å². The summed E-state index contributed by atoms with van der Waals surface area (Å²) in [6, 6.07) is 12.3. The lowest BCUT2D eigenvalue weighted by Crippen LogP contribution is -2.26. The van der Waals surface area contributed by atoms with E-state index in [-0.39, 0.29) is 5.91 Å². The van der Waals surface area contributed by atoms with Crippen LogP contribution in [0.25, 0.3) is 5.65 Å². The molecule has 5 heteroatoms. The zero-order valence-corrected chi connectivity index (χ0v) is 14.1. The number of aryl methyl sites for hydroxylation is 3. The summed E-state index contributed by atoms with van der Waals surface area (Å²) < 4.78 is 1.72. The van der Waals surface area contributed by atoms with Crippen molar-refractivity contribution in [3.63, 3.8) is 0 Å². The molecule has 3 rings (SSSR count). The van der Waals surface area contributed by atoms with E-state index in [1.807, 2.05) is 26.0 Å². The van der Waals surface area contributed by atoms with Crippen LogP contribution in [0, 0.1) is 13.8 Å². The highest BCUT2D eigenvalue weighted by Crippen LogP contribution is 2.11. The van der Waals surface area contributed by atoms with E-state index in [4.69, 9.17) is 0 Å². The quantitative estimate of drug-likeness (QED) is 0.709. The van der Waals surface area contributed by atoms with Gasteiger partial charge >= 0.3 is 0 Å². The van der Waals surface area contributed by atoms with Crippen LogP contribution in [0.4, 0.5) is 0 Å². The highest BCUT2D eigenvalue weighted by Gasteiger charge is 2.13. The van der Waals surface area contributed by atoms with Crippen molar-refractivity contribution in [3.8, 4) is 0 Å². The molecule has 5 nitrogen and oxygen atoms in total. The Morgan fingerprint density at radius 3 is 2.75 bits per heavy atom. The minimum Gasteiger partial charge on any atom is -0.352 e. The molecule has 1 N–H and O–H groups in total. The molecule has 24 heavy (non-hydrogen) atoms. The number of nitrogens with zero attached hydrogens (tertiary/aromatic N) is 3. The fourth-order valence-corrected chi connectivity index (χ4v) is 2.78. The molecule has 3 aromatic rings. The van der Waals surface area contributed by atoms with E-state index < -0.39 is 0 Å². The number of hydrogen-bond donors (Lipinski definition) is 1. The van der Waals surface area contributed by atoms with Crippen molar-refractivity contribution < 1.29 is 4.79 Å². The first-order valence-electron chi connectivity index (χ1n) is 8.29. The zero-order valence-electron chi connectivity index (χ0n) is 14.1. The van der Waals surface area contributed by atoms with Gasteiger partial charge in [-0.25, -0.2) is 9.50 Å². The predicted octanol–water partition coefficient (Wildman–Crippen LogP) is 3.10. The fourth-order valence-electron chi connectivity index (χ4n) is 2.78. The SMILES string of the molecule is Cc1cc2ncc(C(=O)NCCCCc3ccccc3)c(C)n2n1. The highest BCUT2D eigenvalue weighted by atomic mass is 16.1. The van der Waals surface area contributed by atoms with Gasteiger partial charge in [0.15, 0.2) is 5.65 Å². The molecule has 0 saturated heterocycles. The summed E-state index contributed by atoms with van der Waals surface area (Å²) in [5.41, 5.74) is 4.39. The number of unbranched alkanes of at least 4 members (excludes halogenated alkanes) is 1. The molecule has 0 saturated carbocycles. The molecular formula is C19H22N4O. The van der Waals surface area contributed by atoms with Crippen molar-refractivity contribution in [2.24, 2.45) is 0 Å². The van der Waals surface area contributed by atoms with E-state index in [1.54, 1.807) is 10.7 Å². The Balaban J connectivity index is 1.53. The molecule has 1 aromatic carbocycles. The third kappa shape index (κ3) is 3.62. The fraction of sp³-hybridized carbons (Fsp3) is 0.316. The van der Waals surface area contributed by atoms with Crippen molar-refractivity contribution in [2.75, 3.05) is 6.54 Å². The Kier molecular flexibility index (Phi) is 4.89. The second-order valence-electron chi connectivity index (χ2n) is 6.01. The maximum atomic E-state index is 12.4. The molecule has 0 aliphatic heterocycles. The van der Waals surface area contributed by atoms with E-state index in [9.17, 15) is 4.79 Å². The Morgan fingerprint density at radius 2 is 1.96 bits per heavy atom. The molecule has 0 unspecified atom stereocenters. The first kappa shape index (κ1) is 16.2. The Hall–Kier alpha value is -2.69. The minimum absolute atomic E-state index is 0.0882. The highest BCUT2D eigenvalue weighted by molar-refractivity contribution is 5.95. The number of hydrogen-bond acceptors (Lipinski definition) is 3. The van der Waals surface area contributed by atoms with Crippen LogP contribution in [0.5, 0.6) is 0 Å². The van der Waals surface area contributed by atoms with E-state index in [2.05, 4.69) is 39.7 Å². The minimum atomic E-state index is -0.0882. The zero-order chi connectivity index (χ0) is 16.9. The van der Waals surface area contributed by atoms with Gasteiger partial charge in [-0.1, -0.05) is 30.3 Å². The summed E-state index contributed by atoms with van der Waals surface area (Å²) in [4.78, 5) is 16.7. The molecular weight excluding hydrogens is 300 g/mol. The molecule has 2 heterocycles. The van der Waals surface area contributed by atoms with Crippen LogP contribution in [0.1, 0.15) is 40.2 Å². The van der Waals surface area contributed by atoms with Crippen LogP contribution < -0.4 is 5.32 Å². The Morgan fingerprint density at radius 1 is 1.17 bits per heavy atom. The van der Waals surface area contributed by atoms with Gasteiger partial charge in [-0.05, 0) is 38.7 Å². The molecule has 0 radical (unpaired) electrons. The number of amides is 1. The number of aromatic nitrogens is 3. The van der Waals surface area contributed by atoms with Crippen LogP contribution in [0.3, 0.4) is 0 Å². The first-order chi connectivity index (χ1) is 11.6. The number of benzene rings is 1. The van der Waals surface area contributed by atoms with Crippen LogP contribution in [0.2, 0.25) is 0 Å². The normalized spacial score (nSPS) is 10.9. The lowest BCUT2D eigenvalue weighted by atomic mass is 10.1. The van der Waals surface area contributed by atoms with Gasteiger partial charge < -0.3 is 5.32 Å². The average molecular weight is 322 g/mol. The number of carbonyl (C=O) groups is 1. The summed E-state index contributed by atoms with van der Waals surface area (Å²) in [6.07, 6.45) is 4.68. The Bertz CT molecular complexity index is 839. The molecule has 0 atom stereocenters. The smallest absolute Gasteiger partial charge is 0.254 e. The van der Waals surface area contributed by atoms with E-state index in [1.165, 1.54) is 5.56 Å². The van der Waals surface area contributed by atoms with Crippen molar-refractivity contribution in [3.05, 3.63) is 65.1 Å². The topological polar surface area (TPSA) is 59.3 Å². The molecule has 2 aromatic heterocycles. The first-order valence-corrected chi connectivity index (χ1v) is 8.29. The van der Waals surface area contributed by atoms with Gasteiger partial charge in [0.05, 0.1) is 17.0 Å². The van der Waals surface area contributed by atoms with Crippen LogP contribution in [-0.4, -0.2) is 27.0 Å². The van der Waals surface area contributed by atoms with Crippen LogP contribution >= 0.6 is 0 Å². The van der Waals surface area contributed by atoms with E-state index >= 15 is 0 Å². The summed E-state index contributed by atoms with van der Waals surface area (Å²) in [5, 5.41) is 7.35. The summed E-state index contributed by atoms with van der Waals surface area (Å²) in [7, 11) is 0. The van der Waals surface area contributed by atoms with Crippen molar-refractivity contribution in [1.82, 2.24) is 19.9 Å². The van der Waals surface area contributed by atoms with Crippen LogP contribution in [-0.2, 0) is 6.42 Å². The molecule has 0 bridgehead atoms. The number of rotatable bonds is 6. The number of carbonyl (C=O) groups excluding carboxylic acids is 1.